The monoisotopic (exact) mass is 347 g/mol. The molecule has 1 aromatic rings. The molecule has 0 fully saturated rings. The van der Waals surface area contributed by atoms with E-state index >= 15 is 0 Å². The van der Waals surface area contributed by atoms with E-state index in [-0.39, 0.29) is 30.8 Å². The van der Waals surface area contributed by atoms with Crippen LogP contribution in [0, 0.1) is 5.41 Å². The summed E-state index contributed by atoms with van der Waals surface area (Å²) in [5.74, 6) is -0.438. The van der Waals surface area contributed by atoms with Gasteiger partial charge in [-0.05, 0) is 31.0 Å². The van der Waals surface area contributed by atoms with Gasteiger partial charge in [-0.15, -0.1) is 12.4 Å². The lowest BCUT2D eigenvalue weighted by Gasteiger charge is -2.28. The summed E-state index contributed by atoms with van der Waals surface area (Å²) in [4.78, 5) is 24.1. The van der Waals surface area contributed by atoms with Gasteiger partial charge < -0.3 is 16.4 Å². The third-order valence-corrected chi connectivity index (χ3v) is 4.25. The van der Waals surface area contributed by atoms with Crippen LogP contribution in [-0.4, -0.2) is 25.4 Å². The first-order valence-electron chi connectivity index (χ1n) is 6.97. The van der Waals surface area contributed by atoms with Gasteiger partial charge in [-0.25, -0.2) is 0 Å². The predicted molar refractivity (Wildman–Crippen MR) is 92.8 cm³/mol. The van der Waals surface area contributed by atoms with Crippen molar-refractivity contribution in [1.29, 1.82) is 0 Å². The largest absolute Gasteiger partial charge is 0.355 e. The molecular weight excluding hydrogens is 325 g/mol. The summed E-state index contributed by atoms with van der Waals surface area (Å²) in [5, 5.41) is 5.67. The van der Waals surface area contributed by atoms with Gasteiger partial charge in [0.05, 0.1) is 16.0 Å². The van der Waals surface area contributed by atoms with E-state index in [1.54, 1.807) is 18.2 Å². The zero-order valence-corrected chi connectivity index (χ0v) is 14.6. The van der Waals surface area contributed by atoms with Crippen molar-refractivity contribution in [2.75, 3.05) is 18.9 Å². The summed E-state index contributed by atoms with van der Waals surface area (Å²) in [6, 6.07) is 4.81. The number of nitrogens with two attached hydrogens (primary N) is 1. The molecule has 0 aliphatic heterocycles. The molecule has 0 unspecified atom stereocenters. The minimum Gasteiger partial charge on any atom is -0.355 e. The molecule has 124 valence electrons. The van der Waals surface area contributed by atoms with Gasteiger partial charge in [0.25, 0.3) is 5.91 Å². The Balaban J connectivity index is 0.00000441. The normalized spacial score (nSPS) is 10.6. The summed E-state index contributed by atoms with van der Waals surface area (Å²) in [6.45, 7) is 4.16. The maximum Gasteiger partial charge on any atom is 0.252 e. The first kappa shape index (κ1) is 20.7. The number of hydrogen-bond acceptors (Lipinski definition) is 3. The van der Waals surface area contributed by atoms with E-state index in [2.05, 4.69) is 10.6 Å². The number of benzene rings is 1. The van der Waals surface area contributed by atoms with Crippen molar-refractivity contribution in [3.63, 3.8) is 0 Å². The van der Waals surface area contributed by atoms with Crippen molar-refractivity contribution in [3.8, 4) is 0 Å². The van der Waals surface area contributed by atoms with Crippen LogP contribution >= 0.6 is 24.0 Å². The zero-order valence-electron chi connectivity index (χ0n) is 13.0. The third-order valence-electron chi connectivity index (χ3n) is 3.92. The van der Waals surface area contributed by atoms with Gasteiger partial charge in [0.15, 0.2) is 0 Å². The van der Waals surface area contributed by atoms with Gasteiger partial charge in [-0.2, -0.15) is 0 Å². The van der Waals surface area contributed by atoms with Crippen LogP contribution in [0.3, 0.4) is 0 Å². The second kappa shape index (κ2) is 8.98. The van der Waals surface area contributed by atoms with Crippen LogP contribution < -0.4 is 16.4 Å². The Morgan fingerprint density at radius 2 is 1.86 bits per heavy atom. The molecule has 22 heavy (non-hydrogen) atoms. The molecule has 7 heteroatoms. The number of amides is 2. The molecule has 1 rings (SSSR count). The lowest BCUT2D eigenvalue weighted by molar-refractivity contribution is -0.125. The summed E-state index contributed by atoms with van der Waals surface area (Å²) in [6.07, 6.45) is 1.31. The van der Waals surface area contributed by atoms with Crippen LogP contribution in [-0.2, 0) is 4.79 Å². The number of nitrogens with one attached hydrogen (secondary N) is 2. The van der Waals surface area contributed by atoms with Crippen LogP contribution in [0.1, 0.15) is 37.0 Å². The Bertz CT molecular complexity index is 523. The van der Waals surface area contributed by atoms with Gasteiger partial charge in [0, 0.05) is 19.3 Å². The Morgan fingerprint density at radius 3 is 2.32 bits per heavy atom. The summed E-state index contributed by atoms with van der Waals surface area (Å²) in [5.41, 5.74) is 6.02. The highest BCUT2D eigenvalue weighted by Gasteiger charge is 2.33. The first-order valence-corrected chi connectivity index (χ1v) is 7.35. The maximum absolute atomic E-state index is 12.4. The average molecular weight is 348 g/mol. The fourth-order valence-electron chi connectivity index (χ4n) is 2.13. The van der Waals surface area contributed by atoms with Crippen molar-refractivity contribution < 1.29 is 9.59 Å². The lowest BCUT2D eigenvalue weighted by Crippen LogP contribution is -2.41. The maximum atomic E-state index is 12.4. The van der Waals surface area contributed by atoms with Crippen LogP contribution in [0.2, 0.25) is 5.02 Å². The van der Waals surface area contributed by atoms with Crippen LogP contribution in [0.4, 0.5) is 5.69 Å². The van der Waals surface area contributed by atoms with Crippen molar-refractivity contribution in [2.24, 2.45) is 11.1 Å². The van der Waals surface area contributed by atoms with Crippen LogP contribution in [0.15, 0.2) is 18.2 Å². The molecule has 0 saturated heterocycles. The molecule has 0 aromatic heterocycles. The molecule has 5 nitrogen and oxygen atoms in total. The fourth-order valence-corrected chi connectivity index (χ4v) is 2.33. The number of halogens is 2. The predicted octanol–water partition coefficient (Wildman–Crippen LogP) is 2.83. The van der Waals surface area contributed by atoms with E-state index in [4.69, 9.17) is 17.3 Å². The van der Waals surface area contributed by atoms with Crippen LogP contribution in [0.5, 0.6) is 0 Å². The SMILES string of the molecule is CCC(CC)(CN)C(=O)Nc1ccc(Cl)c(C(=O)NC)c1.Cl. The Kier molecular flexibility index (Phi) is 8.45. The molecule has 2 amide bonds. The Hall–Kier alpha value is -1.30. The van der Waals surface area contributed by atoms with E-state index in [0.717, 1.165) is 0 Å². The number of hydrogen-bond donors (Lipinski definition) is 3. The molecule has 0 bridgehead atoms. The molecule has 0 atom stereocenters. The Labute approximate surface area is 142 Å². The molecule has 1 aromatic carbocycles. The summed E-state index contributed by atoms with van der Waals surface area (Å²) in [7, 11) is 1.53. The van der Waals surface area contributed by atoms with Gasteiger partial charge in [0.2, 0.25) is 5.91 Å². The van der Waals surface area contributed by atoms with E-state index in [1.165, 1.54) is 7.05 Å². The second-order valence-corrected chi connectivity index (χ2v) is 5.33. The minimum absolute atomic E-state index is 0. The van der Waals surface area contributed by atoms with Crippen molar-refractivity contribution >= 4 is 41.5 Å². The molecule has 0 spiro atoms. The highest BCUT2D eigenvalue weighted by atomic mass is 35.5. The standard InChI is InChI=1S/C15H22ClN3O2.ClH/c1-4-15(5-2,9-17)14(21)19-10-6-7-12(16)11(8-10)13(20)18-3;/h6-8H,4-5,9,17H2,1-3H3,(H,18,20)(H,19,21);1H. The topological polar surface area (TPSA) is 84.2 Å². The fraction of sp³-hybridized carbons (Fsp3) is 0.467. The molecule has 0 aliphatic rings. The highest BCUT2D eigenvalue weighted by Crippen LogP contribution is 2.28. The molecule has 4 N–H and O–H groups in total. The minimum atomic E-state index is -0.590. The average Bonchev–Trinajstić information content (AvgIpc) is 2.50. The van der Waals surface area contributed by atoms with Crippen molar-refractivity contribution in [2.45, 2.75) is 26.7 Å². The van der Waals surface area contributed by atoms with Gasteiger partial charge in [-0.1, -0.05) is 25.4 Å². The molecule has 0 radical (unpaired) electrons. The van der Waals surface area contributed by atoms with Crippen LogP contribution in [0.25, 0.3) is 0 Å². The van der Waals surface area contributed by atoms with Gasteiger partial charge in [-0.3, -0.25) is 9.59 Å². The second-order valence-electron chi connectivity index (χ2n) is 4.92. The van der Waals surface area contributed by atoms with Crippen molar-refractivity contribution in [1.82, 2.24) is 5.32 Å². The highest BCUT2D eigenvalue weighted by molar-refractivity contribution is 6.34. The molecule has 0 heterocycles. The smallest absolute Gasteiger partial charge is 0.252 e. The molecule has 0 aliphatic carbocycles. The van der Waals surface area contributed by atoms with Gasteiger partial charge >= 0.3 is 0 Å². The molecule has 0 saturated carbocycles. The number of rotatable bonds is 6. The lowest BCUT2D eigenvalue weighted by atomic mass is 9.81. The summed E-state index contributed by atoms with van der Waals surface area (Å²) < 4.78 is 0. The quantitative estimate of drug-likeness (QED) is 0.739. The first-order chi connectivity index (χ1) is 9.93. The third kappa shape index (κ3) is 4.35. The van der Waals surface area contributed by atoms with E-state index in [0.29, 0.717) is 29.1 Å². The Morgan fingerprint density at radius 1 is 1.27 bits per heavy atom. The van der Waals surface area contributed by atoms with E-state index in [9.17, 15) is 9.59 Å². The molecular formula is C15H23Cl2N3O2. The zero-order chi connectivity index (χ0) is 16.0. The van der Waals surface area contributed by atoms with Gasteiger partial charge in [0.1, 0.15) is 0 Å². The van der Waals surface area contributed by atoms with E-state index < -0.39 is 5.41 Å². The van der Waals surface area contributed by atoms with Crippen molar-refractivity contribution in [3.05, 3.63) is 28.8 Å². The summed E-state index contributed by atoms with van der Waals surface area (Å²) >= 11 is 5.98. The van der Waals surface area contributed by atoms with E-state index in [1.807, 2.05) is 13.8 Å². The number of carbonyl (C=O) groups is 2. The number of carbonyl (C=O) groups excluding carboxylic acids is 2. The number of anilines is 1.